The van der Waals surface area contributed by atoms with Gasteiger partial charge in [0.15, 0.2) is 0 Å². The third kappa shape index (κ3) is 2.81. The second-order valence-corrected chi connectivity index (χ2v) is 4.26. The quantitative estimate of drug-likeness (QED) is 0.845. The van der Waals surface area contributed by atoms with Crippen molar-refractivity contribution in [2.24, 2.45) is 0 Å². The molecular formula is C12H13F3N2O. The number of nitrogens with one attached hydrogen (secondary N) is 2. The first-order chi connectivity index (χ1) is 8.58. The summed E-state index contributed by atoms with van der Waals surface area (Å²) in [4.78, 5) is 11.7. The van der Waals surface area contributed by atoms with E-state index in [-0.39, 0.29) is 6.04 Å². The number of carbonyl (C=O) groups excluding carboxylic acids is 1. The molecule has 1 aliphatic rings. The van der Waals surface area contributed by atoms with Crippen LogP contribution in [0.2, 0.25) is 0 Å². The van der Waals surface area contributed by atoms with Crippen molar-refractivity contribution >= 4 is 5.91 Å². The maximum atomic E-state index is 13.4. The van der Waals surface area contributed by atoms with Gasteiger partial charge in [-0.3, -0.25) is 4.79 Å². The number of amides is 1. The maximum Gasteiger partial charge on any atom is 0.257 e. The SMILES string of the molecule is O=C(NC1CCCNC1)c1c(F)cc(F)cc1F. The Morgan fingerprint density at radius 3 is 2.50 bits per heavy atom. The molecule has 3 nitrogen and oxygen atoms in total. The molecule has 1 heterocycles. The van der Waals surface area contributed by atoms with Crippen molar-refractivity contribution in [2.75, 3.05) is 13.1 Å². The monoisotopic (exact) mass is 258 g/mol. The van der Waals surface area contributed by atoms with Gasteiger partial charge >= 0.3 is 0 Å². The van der Waals surface area contributed by atoms with E-state index in [0.29, 0.717) is 18.7 Å². The number of halogens is 3. The molecule has 1 amide bonds. The van der Waals surface area contributed by atoms with Crippen LogP contribution in [0.25, 0.3) is 0 Å². The lowest BCUT2D eigenvalue weighted by Crippen LogP contribution is -2.46. The van der Waals surface area contributed by atoms with Crippen LogP contribution >= 0.6 is 0 Å². The minimum absolute atomic E-state index is 0.157. The highest BCUT2D eigenvalue weighted by atomic mass is 19.1. The molecule has 0 radical (unpaired) electrons. The van der Waals surface area contributed by atoms with Crippen molar-refractivity contribution in [1.29, 1.82) is 0 Å². The van der Waals surface area contributed by atoms with E-state index in [4.69, 9.17) is 0 Å². The first kappa shape index (κ1) is 12.9. The van der Waals surface area contributed by atoms with Crippen LogP contribution in [0.3, 0.4) is 0 Å². The molecule has 1 aromatic rings. The lowest BCUT2D eigenvalue weighted by Gasteiger charge is -2.23. The van der Waals surface area contributed by atoms with E-state index in [9.17, 15) is 18.0 Å². The zero-order chi connectivity index (χ0) is 13.1. The predicted molar refractivity (Wildman–Crippen MR) is 59.7 cm³/mol. The summed E-state index contributed by atoms with van der Waals surface area (Å²) in [5.41, 5.74) is -0.734. The number of carbonyl (C=O) groups is 1. The number of piperidine rings is 1. The molecule has 0 saturated carbocycles. The highest BCUT2D eigenvalue weighted by Gasteiger charge is 2.22. The van der Waals surface area contributed by atoms with Crippen molar-refractivity contribution < 1.29 is 18.0 Å². The summed E-state index contributed by atoms with van der Waals surface area (Å²) in [6.45, 7) is 1.43. The van der Waals surface area contributed by atoms with Gasteiger partial charge in [-0.25, -0.2) is 13.2 Å². The molecule has 0 bridgehead atoms. The predicted octanol–water partition coefficient (Wildman–Crippen LogP) is 1.59. The van der Waals surface area contributed by atoms with Gasteiger partial charge in [-0.15, -0.1) is 0 Å². The van der Waals surface area contributed by atoms with E-state index in [1.165, 1.54) is 0 Å². The molecule has 6 heteroatoms. The number of hydrogen-bond donors (Lipinski definition) is 2. The molecule has 1 aliphatic heterocycles. The van der Waals surface area contributed by atoms with E-state index in [1.54, 1.807) is 0 Å². The molecular weight excluding hydrogens is 245 g/mol. The minimum atomic E-state index is -1.19. The topological polar surface area (TPSA) is 41.1 Å². The van der Waals surface area contributed by atoms with Crippen molar-refractivity contribution in [3.8, 4) is 0 Å². The van der Waals surface area contributed by atoms with Gasteiger partial charge in [0.05, 0.1) is 0 Å². The standard InChI is InChI=1S/C12H13F3N2O/c13-7-4-9(14)11(10(15)5-7)12(18)17-8-2-1-3-16-6-8/h4-5,8,16H,1-3,6H2,(H,17,18). The zero-order valence-electron chi connectivity index (χ0n) is 9.60. The molecule has 1 aromatic carbocycles. The van der Waals surface area contributed by atoms with Crippen LogP contribution in [-0.2, 0) is 0 Å². The van der Waals surface area contributed by atoms with Gasteiger partial charge in [0.25, 0.3) is 5.91 Å². The second kappa shape index (κ2) is 5.39. The number of benzene rings is 1. The van der Waals surface area contributed by atoms with Gasteiger partial charge in [0, 0.05) is 24.7 Å². The Morgan fingerprint density at radius 1 is 1.28 bits per heavy atom. The van der Waals surface area contributed by atoms with Gasteiger partial charge in [0.2, 0.25) is 0 Å². The lowest BCUT2D eigenvalue weighted by molar-refractivity contribution is 0.0922. The second-order valence-electron chi connectivity index (χ2n) is 4.26. The summed E-state index contributed by atoms with van der Waals surface area (Å²) in [5.74, 6) is -4.26. The van der Waals surface area contributed by atoms with Crippen molar-refractivity contribution in [3.63, 3.8) is 0 Å². The highest BCUT2D eigenvalue weighted by Crippen LogP contribution is 2.15. The molecule has 2 N–H and O–H groups in total. The Balaban J connectivity index is 2.13. The first-order valence-corrected chi connectivity index (χ1v) is 5.74. The lowest BCUT2D eigenvalue weighted by atomic mass is 10.1. The fourth-order valence-corrected chi connectivity index (χ4v) is 1.99. The minimum Gasteiger partial charge on any atom is -0.348 e. The van der Waals surface area contributed by atoms with E-state index < -0.39 is 28.9 Å². The Bertz CT molecular complexity index is 436. The summed E-state index contributed by atoms with van der Waals surface area (Å²) in [6.07, 6.45) is 1.64. The Morgan fingerprint density at radius 2 is 1.94 bits per heavy atom. The van der Waals surface area contributed by atoms with Crippen LogP contribution in [-0.4, -0.2) is 25.0 Å². The van der Waals surface area contributed by atoms with Gasteiger partial charge in [-0.1, -0.05) is 0 Å². The molecule has 98 valence electrons. The summed E-state index contributed by atoms with van der Waals surface area (Å²) in [5, 5.41) is 5.60. The molecule has 0 aliphatic carbocycles. The largest absolute Gasteiger partial charge is 0.348 e. The fourth-order valence-electron chi connectivity index (χ4n) is 1.99. The molecule has 1 unspecified atom stereocenters. The van der Waals surface area contributed by atoms with Crippen molar-refractivity contribution in [2.45, 2.75) is 18.9 Å². The van der Waals surface area contributed by atoms with E-state index in [0.717, 1.165) is 19.4 Å². The number of rotatable bonds is 2. The van der Waals surface area contributed by atoms with Crippen LogP contribution < -0.4 is 10.6 Å². The molecule has 18 heavy (non-hydrogen) atoms. The Labute approximate surface area is 102 Å². The molecule has 1 saturated heterocycles. The molecule has 1 fully saturated rings. The van der Waals surface area contributed by atoms with Gasteiger partial charge in [0.1, 0.15) is 23.0 Å². The fraction of sp³-hybridized carbons (Fsp3) is 0.417. The average Bonchev–Trinajstić information content (AvgIpc) is 2.28. The van der Waals surface area contributed by atoms with Crippen LogP contribution in [0.4, 0.5) is 13.2 Å². The van der Waals surface area contributed by atoms with Crippen molar-refractivity contribution in [3.05, 3.63) is 35.1 Å². The van der Waals surface area contributed by atoms with Crippen molar-refractivity contribution in [1.82, 2.24) is 10.6 Å². The summed E-state index contributed by atoms with van der Waals surface area (Å²) in [6, 6.07) is 0.837. The van der Waals surface area contributed by atoms with Crippen LogP contribution in [0.15, 0.2) is 12.1 Å². The highest BCUT2D eigenvalue weighted by molar-refractivity contribution is 5.94. The maximum absolute atomic E-state index is 13.4. The summed E-state index contributed by atoms with van der Waals surface area (Å²) < 4.78 is 39.4. The van der Waals surface area contributed by atoms with Crippen LogP contribution in [0.5, 0.6) is 0 Å². The van der Waals surface area contributed by atoms with Gasteiger partial charge < -0.3 is 10.6 Å². The van der Waals surface area contributed by atoms with E-state index >= 15 is 0 Å². The number of hydrogen-bond acceptors (Lipinski definition) is 2. The first-order valence-electron chi connectivity index (χ1n) is 5.74. The zero-order valence-corrected chi connectivity index (χ0v) is 9.60. The van der Waals surface area contributed by atoms with Gasteiger partial charge in [-0.05, 0) is 19.4 Å². The Kier molecular flexibility index (Phi) is 3.86. The van der Waals surface area contributed by atoms with Crippen LogP contribution in [0, 0.1) is 17.5 Å². The third-order valence-electron chi connectivity index (χ3n) is 2.87. The smallest absolute Gasteiger partial charge is 0.257 e. The normalized spacial score (nSPS) is 19.6. The van der Waals surface area contributed by atoms with Gasteiger partial charge in [-0.2, -0.15) is 0 Å². The Hall–Kier alpha value is -1.56. The third-order valence-corrected chi connectivity index (χ3v) is 2.87. The molecule has 0 aromatic heterocycles. The average molecular weight is 258 g/mol. The molecule has 1 atom stereocenters. The molecule has 0 spiro atoms. The summed E-state index contributed by atoms with van der Waals surface area (Å²) >= 11 is 0. The molecule has 2 rings (SSSR count). The summed E-state index contributed by atoms with van der Waals surface area (Å²) in [7, 11) is 0. The van der Waals surface area contributed by atoms with E-state index in [1.807, 2.05) is 0 Å². The van der Waals surface area contributed by atoms with E-state index in [2.05, 4.69) is 10.6 Å². The van der Waals surface area contributed by atoms with Crippen LogP contribution in [0.1, 0.15) is 23.2 Å².